The number of pyridine rings is 1. The molecule has 4 rings (SSSR count). The molecule has 0 atom stereocenters. The van der Waals surface area contributed by atoms with Crippen LogP contribution in [-0.2, 0) is 11.2 Å². The monoisotopic (exact) mass is 400 g/mol. The van der Waals surface area contributed by atoms with Gasteiger partial charge >= 0.3 is 0 Å². The molecule has 0 spiro atoms. The lowest BCUT2D eigenvalue weighted by Gasteiger charge is -2.08. The number of carbonyl (C=O) groups excluding carboxylic acids is 1. The Morgan fingerprint density at radius 1 is 1.30 bits per heavy atom. The van der Waals surface area contributed by atoms with Gasteiger partial charge in [-0.05, 0) is 48.6 Å². The number of rotatable bonds is 7. The summed E-state index contributed by atoms with van der Waals surface area (Å²) >= 11 is 3.14. The Hall–Kier alpha value is -2.45. The van der Waals surface area contributed by atoms with Crippen molar-refractivity contribution in [1.29, 1.82) is 0 Å². The van der Waals surface area contributed by atoms with Crippen LogP contribution in [-0.4, -0.2) is 21.1 Å². The van der Waals surface area contributed by atoms with Gasteiger partial charge in [0.15, 0.2) is 5.13 Å². The molecule has 1 aliphatic carbocycles. The molecule has 1 aromatic carbocycles. The second-order valence-electron chi connectivity index (χ2n) is 6.22. The summed E-state index contributed by atoms with van der Waals surface area (Å²) in [5.41, 5.74) is 2.36. The third kappa shape index (κ3) is 4.84. The Balaban J connectivity index is 1.36. The third-order valence-corrected chi connectivity index (χ3v) is 6.02. The molecule has 0 radical (unpaired) electrons. The highest BCUT2D eigenvalue weighted by atomic mass is 32.2. The molecule has 0 bridgehead atoms. The SMILES string of the molecule is O=C(Cc1csc(NSC2CC2)n1)Nc1ccc(-c2cccnc2)cc1F. The number of amides is 1. The molecule has 2 heterocycles. The normalized spacial score (nSPS) is 13.4. The van der Waals surface area contributed by atoms with Crippen molar-refractivity contribution in [2.75, 3.05) is 10.0 Å². The largest absolute Gasteiger partial charge is 0.323 e. The van der Waals surface area contributed by atoms with Crippen molar-refractivity contribution in [1.82, 2.24) is 9.97 Å². The van der Waals surface area contributed by atoms with E-state index in [1.807, 2.05) is 11.4 Å². The maximum Gasteiger partial charge on any atom is 0.230 e. The molecule has 0 aliphatic heterocycles. The number of benzene rings is 1. The molecule has 1 fully saturated rings. The fraction of sp³-hybridized carbons (Fsp3) is 0.211. The summed E-state index contributed by atoms with van der Waals surface area (Å²) < 4.78 is 17.6. The topological polar surface area (TPSA) is 66.9 Å². The summed E-state index contributed by atoms with van der Waals surface area (Å²) in [6, 6.07) is 8.37. The van der Waals surface area contributed by atoms with E-state index in [4.69, 9.17) is 0 Å². The van der Waals surface area contributed by atoms with Crippen molar-refractivity contribution in [3.63, 3.8) is 0 Å². The fourth-order valence-corrected chi connectivity index (χ4v) is 4.02. The number of thiazole rings is 1. The number of aromatic nitrogens is 2. The number of hydrogen-bond donors (Lipinski definition) is 2. The van der Waals surface area contributed by atoms with Crippen molar-refractivity contribution >= 4 is 40.0 Å². The van der Waals surface area contributed by atoms with Crippen LogP contribution in [0.25, 0.3) is 11.1 Å². The summed E-state index contributed by atoms with van der Waals surface area (Å²) in [6.07, 6.45) is 5.92. The van der Waals surface area contributed by atoms with Gasteiger partial charge in [0.05, 0.1) is 17.8 Å². The highest BCUT2D eigenvalue weighted by Crippen LogP contribution is 2.35. The first-order valence-electron chi connectivity index (χ1n) is 8.53. The highest BCUT2D eigenvalue weighted by Gasteiger charge is 2.22. The van der Waals surface area contributed by atoms with Crippen LogP contribution in [0.5, 0.6) is 0 Å². The van der Waals surface area contributed by atoms with E-state index in [0.29, 0.717) is 16.5 Å². The Bertz CT molecular complexity index is 944. The van der Waals surface area contributed by atoms with E-state index in [9.17, 15) is 9.18 Å². The van der Waals surface area contributed by atoms with E-state index in [0.717, 1.165) is 10.7 Å². The van der Waals surface area contributed by atoms with Crippen LogP contribution < -0.4 is 10.0 Å². The van der Waals surface area contributed by atoms with Gasteiger partial charge in [-0.25, -0.2) is 9.37 Å². The Morgan fingerprint density at radius 3 is 2.93 bits per heavy atom. The molecular weight excluding hydrogens is 383 g/mol. The minimum absolute atomic E-state index is 0.107. The van der Waals surface area contributed by atoms with Crippen LogP contribution in [0.3, 0.4) is 0 Å². The standard InChI is InChI=1S/C19H17FN4OS2/c20-16-8-12(13-2-1-7-21-10-13)3-6-17(16)23-18(25)9-14-11-26-19(22-14)24-27-15-4-5-15/h1-3,6-8,10-11,15H,4-5,9H2,(H,22,24)(H,23,25). The van der Waals surface area contributed by atoms with Crippen molar-refractivity contribution in [3.8, 4) is 11.1 Å². The summed E-state index contributed by atoms with van der Waals surface area (Å²) in [4.78, 5) is 20.7. The van der Waals surface area contributed by atoms with Gasteiger partial charge in [0, 0.05) is 28.6 Å². The number of halogens is 1. The molecule has 0 unspecified atom stereocenters. The van der Waals surface area contributed by atoms with Gasteiger partial charge < -0.3 is 10.0 Å². The van der Waals surface area contributed by atoms with E-state index < -0.39 is 5.82 Å². The van der Waals surface area contributed by atoms with E-state index in [2.05, 4.69) is 20.0 Å². The second-order valence-corrected chi connectivity index (χ2v) is 8.19. The summed E-state index contributed by atoms with van der Waals surface area (Å²) in [6.45, 7) is 0. The molecule has 2 N–H and O–H groups in total. The molecular formula is C19H17FN4OS2. The Kier molecular flexibility index (Phi) is 5.35. The first kappa shape index (κ1) is 17.9. The molecule has 138 valence electrons. The van der Waals surface area contributed by atoms with Gasteiger partial charge in [-0.2, -0.15) is 0 Å². The van der Waals surface area contributed by atoms with Crippen molar-refractivity contribution in [2.24, 2.45) is 0 Å². The molecule has 3 aromatic rings. The minimum Gasteiger partial charge on any atom is -0.323 e. The van der Waals surface area contributed by atoms with Crippen LogP contribution in [0, 0.1) is 5.82 Å². The zero-order valence-corrected chi connectivity index (χ0v) is 15.9. The molecule has 1 saturated carbocycles. The summed E-state index contributed by atoms with van der Waals surface area (Å²) in [7, 11) is 0. The van der Waals surface area contributed by atoms with Gasteiger partial charge in [0.25, 0.3) is 0 Å². The molecule has 0 saturated heterocycles. The number of anilines is 2. The van der Waals surface area contributed by atoms with Crippen LogP contribution in [0.1, 0.15) is 18.5 Å². The van der Waals surface area contributed by atoms with Crippen molar-refractivity contribution in [3.05, 3.63) is 59.6 Å². The first-order valence-corrected chi connectivity index (χ1v) is 10.3. The number of nitrogens with zero attached hydrogens (tertiary/aromatic N) is 2. The van der Waals surface area contributed by atoms with Crippen LogP contribution >= 0.6 is 23.3 Å². The van der Waals surface area contributed by atoms with Gasteiger partial charge in [0.2, 0.25) is 5.91 Å². The van der Waals surface area contributed by atoms with Crippen molar-refractivity contribution < 1.29 is 9.18 Å². The first-order chi connectivity index (χ1) is 13.2. The average molecular weight is 401 g/mol. The molecule has 5 nitrogen and oxygen atoms in total. The molecule has 2 aromatic heterocycles. The van der Waals surface area contributed by atoms with E-state index >= 15 is 0 Å². The van der Waals surface area contributed by atoms with Crippen LogP contribution in [0.15, 0.2) is 48.1 Å². The predicted octanol–water partition coefficient (Wildman–Crippen LogP) is 4.75. The molecule has 27 heavy (non-hydrogen) atoms. The lowest BCUT2D eigenvalue weighted by molar-refractivity contribution is -0.115. The quantitative estimate of drug-likeness (QED) is 0.561. The zero-order chi connectivity index (χ0) is 18.6. The van der Waals surface area contributed by atoms with E-state index in [1.165, 1.54) is 30.2 Å². The smallest absolute Gasteiger partial charge is 0.230 e. The second kappa shape index (κ2) is 8.06. The van der Waals surface area contributed by atoms with Crippen LogP contribution in [0.2, 0.25) is 0 Å². The molecule has 1 amide bonds. The zero-order valence-electron chi connectivity index (χ0n) is 14.3. The highest BCUT2D eigenvalue weighted by molar-refractivity contribution is 8.01. The maximum atomic E-state index is 14.4. The minimum atomic E-state index is -0.480. The van der Waals surface area contributed by atoms with Crippen LogP contribution in [0.4, 0.5) is 15.2 Å². The lowest BCUT2D eigenvalue weighted by Crippen LogP contribution is -2.15. The number of nitrogens with one attached hydrogen (secondary N) is 2. The maximum absolute atomic E-state index is 14.4. The third-order valence-electron chi connectivity index (χ3n) is 3.97. The predicted molar refractivity (Wildman–Crippen MR) is 108 cm³/mol. The van der Waals surface area contributed by atoms with E-state index in [1.54, 1.807) is 42.5 Å². The Labute approximate surface area is 164 Å². The van der Waals surface area contributed by atoms with Gasteiger partial charge in [-0.3, -0.25) is 9.78 Å². The van der Waals surface area contributed by atoms with Crippen molar-refractivity contribution in [2.45, 2.75) is 24.5 Å². The van der Waals surface area contributed by atoms with Gasteiger partial charge in [-0.15, -0.1) is 11.3 Å². The molecule has 1 aliphatic rings. The van der Waals surface area contributed by atoms with Gasteiger partial charge in [0.1, 0.15) is 5.82 Å². The number of hydrogen-bond acceptors (Lipinski definition) is 6. The molecule has 8 heteroatoms. The lowest BCUT2D eigenvalue weighted by atomic mass is 10.1. The number of carbonyl (C=O) groups is 1. The van der Waals surface area contributed by atoms with E-state index in [-0.39, 0.29) is 18.0 Å². The summed E-state index contributed by atoms with van der Waals surface area (Å²) in [5, 5.41) is 5.93. The Morgan fingerprint density at radius 2 is 2.19 bits per heavy atom. The van der Waals surface area contributed by atoms with Gasteiger partial charge in [-0.1, -0.05) is 12.1 Å². The fourth-order valence-electron chi connectivity index (χ4n) is 2.44. The average Bonchev–Trinajstić information content (AvgIpc) is 3.41. The summed E-state index contributed by atoms with van der Waals surface area (Å²) in [5.74, 6) is -0.777.